The van der Waals surface area contributed by atoms with Crippen LogP contribution in [0.4, 0.5) is 0 Å². The maximum absolute atomic E-state index is 13.3. The summed E-state index contributed by atoms with van der Waals surface area (Å²) in [6.07, 6.45) is -0.111. The van der Waals surface area contributed by atoms with Crippen LogP contribution in [0, 0.1) is 35.0 Å². The zero-order valence-electron chi connectivity index (χ0n) is 20.8. The summed E-state index contributed by atoms with van der Waals surface area (Å²) in [4.78, 5) is 39.4. The number of hydrogen-bond donors (Lipinski definition) is 0. The molecule has 0 aromatic rings. The van der Waals surface area contributed by atoms with Crippen molar-refractivity contribution >= 4 is 17.9 Å². The SMILES string of the molecule is CCOC(=O)[C@@H]1C2=C3C(O[C@@H](OCC)C[C@H]3[C@H](C)[C@H]1C(=O)OCC)C(C(=O)OC)CC2(C)C. The molecule has 8 heteroatoms. The molecule has 186 valence electrons. The van der Waals surface area contributed by atoms with E-state index in [0.717, 1.165) is 11.1 Å². The summed E-state index contributed by atoms with van der Waals surface area (Å²) in [5.41, 5.74) is 1.23. The van der Waals surface area contributed by atoms with Crippen molar-refractivity contribution in [3.05, 3.63) is 11.1 Å². The van der Waals surface area contributed by atoms with Crippen LogP contribution in [0.15, 0.2) is 11.1 Å². The molecule has 1 heterocycles. The molecule has 7 atom stereocenters. The van der Waals surface area contributed by atoms with Crippen LogP contribution in [0.5, 0.6) is 0 Å². The smallest absolute Gasteiger partial charge is 0.313 e. The second kappa shape index (κ2) is 10.1. The van der Waals surface area contributed by atoms with E-state index >= 15 is 0 Å². The van der Waals surface area contributed by atoms with E-state index in [0.29, 0.717) is 19.4 Å². The lowest BCUT2D eigenvalue weighted by Crippen LogP contribution is -2.57. The minimum absolute atomic E-state index is 0.0953. The van der Waals surface area contributed by atoms with E-state index in [1.807, 2.05) is 27.7 Å². The van der Waals surface area contributed by atoms with Crippen molar-refractivity contribution in [3.63, 3.8) is 0 Å². The van der Waals surface area contributed by atoms with Crippen molar-refractivity contribution in [2.45, 2.75) is 66.8 Å². The first-order valence-corrected chi connectivity index (χ1v) is 12.0. The van der Waals surface area contributed by atoms with Crippen LogP contribution >= 0.6 is 0 Å². The molecule has 1 fully saturated rings. The van der Waals surface area contributed by atoms with E-state index in [1.165, 1.54) is 7.11 Å². The molecule has 1 saturated heterocycles. The van der Waals surface area contributed by atoms with Gasteiger partial charge in [0.15, 0.2) is 6.29 Å². The molecule has 2 aliphatic carbocycles. The lowest BCUT2D eigenvalue weighted by Gasteiger charge is -2.55. The molecule has 3 aliphatic rings. The molecular weight excluding hydrogens is 428 g/mol. The number of methoxy groups -OCH3 is 1. The molecule has 0 spiro atoms. The summed E-state index contributed by atoms with van der Waals surface area (Å²) in [7, 11) is 1.38. The Kier molecular flexibility index (Phi) is 7.89. The van der Waals surface area contributed by atoms with Crippen LogP contribution in [-0.4, -0.2) is 57.2 Å². The van der Waals surface area contributed by atoms with Crippen molar-refractivity contribution in [1.82, 2.24) is 0 Å². The lowest BCUT2D eigenvalue weighted by molar-refractivity contribution is -0.215. The summed E-state index contributed by atoms with van der Waals surface area (Å²) >= 11 is 0. The summed E-state index contributed by atoms with van der Waals surface area (Å²) in [6.45, 7) is 12.3. The number of carbonyl (C=O) groups excluding carboxylic acids is 3. The molecule has 8 nitrogen and oxygen atoms in total. The largest absolute Gasteiger partial charge is 0.469 e. The Balaban J connectivity index is 2.24. The van der Waals surface area contributed by atoms with Gasteiger partial charge in [0.05, 0.1) is 44.2 Å². The Morgan fingerprint density at radius 3 is 2.21 bits per heavy atom. The molecule has 1 aliphatic heterocycles. The molecule has 0 aromatic heterocycles. The minimum atomic E-state index is -0.784. The Hall–Kier alpha value is -1.93. The highest BCUT2D eigenvalue weighted by Crippen LogP contribution is 2.59. The number of esters is 3. The van der Waals surface area contributed by atoms with Crippen molar-refractivity contribution in [2.75, 3.05) is 26.9 Å². The molecule has 3 rings (SSSR count). The Morgan fingerprint density at radius 1 is 1.00 bits per heavy atom. The zero-order chi connectivity index (χ0) is 24.5. The molecule has 0 radical (unpaired) electrons. The van der Waals surface area contributed by atoms with Crippen molar-refractivity contribution in [3.8, 4) is 0 Å². The highest BCUT2D eigenvalue weighted by atomic mass is 16.7. The van der Waals surface area contributed by atoms with E-state index < -0.39 is 47.5 Å². The van der Waals surface area contributed by atoms with Gasteiger partial charge < -0.3 is 23.7 Å². The molecule has 0 saturated carbocycles. The van der Waals surface area contributed by atoms with Crippen molar-refractivity contribution in [2.24, 2.45) is 35.0 Å². The maximum atomic E-state index is 13.3. The molecule has 0 amide bonds. The zero-order valence-corrected chi connectivity index (χ0v) is 20.8. The normalized spacial score (nSPS) is 34.8. The van der Waals surface area contributed by atoms with Gasteiger partial charge in [0.25, 0.3) is 0 Å². The van der Waals surface area contributed by atoms with Gasteiger partial charge in [-0.15, -0.1) is 0 Å². The molecule has 0 aromatic carbocycles. The topological polar surface area (TPSA) is 97.4 Å². The number of rotatable bonds is 7. The Morgan fingerprint density at radius 2 is 1.64 bits per heavy atom. The van der Waals surface area contributed by atoms with E-state index in [4.69, 9.17) is 23.7 Å². The predicted octanol–water partition coefficient (Wildman–Crippen LogP) is 3.28. The number of hydrogen-bond acceptors (Lipinski definition) is 8. The monoisotopic (exact) mass is 466 g/mol. The van der Waals surface area contributed by atoms with E-state index in [9.17, 15) is 14.4 Å². The summed E-state index contributed by atoms with van der Waals surface area (Å²) < 4.78 is 28.2. The number of ether oxygens (including phenoxy) is 5. The minimum Gasteiger partial charge on any atom is -0.469 e. The van der Waals surface area contributed by atoms with Gasteiger partial charge in [-0.25, -0.2) is 0 Å². The first-order valence-electron chi connectivity index (χ1n) is 12.0. The fourth-order valence-corrected chi connectivity index (χ4v) is 6.23. The average Bonchev–Trinajstić information content (AvgIpc) is 2.76. The Bertz CT molecular complexity index is 800. The summed E-state index contributed by atoms with van der Waals surface area (Å²) in [5.74, 6) is -3.47. The quantitative estimate of drug-likeness (QED) is 0.320. The van der Waals surface area contributed by atoms with Crippen molar-refractivity contribution in [1.29, 1.82) is 0 Å². The van der Waals surface area contributed by atoms with E-state index in [1.54, 1.807) is 13.8 Å². The van der Waals surface area contributed by atoms with Gasteiger partial charge in [-0.3, -0.25) is 14.4 Å². The van der Waals surface area contributed by atoms with Gasteiger partial charge in [-0.2, -0.15) is 0 Å². The summed E-state index contributed by atoms with van der Waals surface area (Å²) in [6, 6.07) is 0. The van der Waals surface area contributed by atoms with Crippen LogP contribution in [0.25, 0.3) is 0 Å². The van der Waals surface area contributed by atoms with Gasteiger partial charge in [0, 0.05) is 13.0 Å². The molecule has 0 N–H and O–H groups in total. The fourth-order valence-electron chi connectivity index (χ4n) is 6.23. The third kappa shape index (κ3) is 4.56. The lowest BCUT2D eigenvalue weighted by atomic mass is 9.52. The maximum Gasteiger partial charge on any atom is 0.313 e. The predicted molar refractivity (Wildman–Crippen MR) is 119 cm³/mol. The van der Waals surface area contributed by atoms with Crippen LogP contribution < -0.4 is 0 Å². The molecule has 2 unspecified atom stereocenters. The molecular formula is C25H38O8. The second-order valence-electron chi connectivity index (χ2n) is 9.74. The van der Waals surface area contributed by atoms with E-state index in [-0.39, 0.29) is 31.0 Å². The van der Waals surface area contributed by atoms with Crippen molar-refractivity contribution < 1.29 is 38.1 Å². The first-order chi connectivity index (χ1) is 15.6. The van der Waals surface area contributed by atoms with Gasteiger partial charge in [0.1, 0.15) is 0 Å². The van der Waals surface area contributed by atoms with Gasteiger partial charge in [-0.1, -0.05) is 20.8 Å². The number of carbonyl (C=O) groups is 3. The van der Waals surface area contributed by atoms with Crippen LogP contribution in [0.2, 0.25) is 0 Å². The van der Waals surface area contributed by atoms with Crippen LogP contribution in [0.1, 0.15) is 54.4 Å². The molecule has 0 bridgehead atoms. The highest BCUT2D eigenvalue weighted by molar-refractivity contribution is 5.86. The van der Waals surface area contributed by atoms with Gasteiger partial charge >= 0.3 is 17.9 Å². The average molecular weight is 467 g/mol. The van der Waals surface area contributed by atoms with E-state index in [2.05, 4.69) is 0 Å². The second-order valence-corrected chi connectivity index (χ2v) is 9.74. The van der Waals surface area contributed by atoms with Crippen LogP contribution in [-0.2, 0) is 38.1 Å². The summed E-state index contributed by atoms with van der Waals surface area (Å²) in [5, 5.41) is 0. The third-order valence-corrected chi connectivity index (χ3v) is 7.41. The van der Waals surface area contributed by atoms with Gasteiger partial charge in [-0.05, 0) is 55.6 Å². The highest BCUT2D eigenvalue weighted by Gasteiger charge is 2.60. The Labute approximate surface area is 196 Å². The standard InChI is InChI=1S/C25H38O8/c1-8-30-16-11-14-13(4)17(23(27)31-9-2)19(24(28)32-10-3)20-18(14)21(33-16)15(22(26)29-7)12-25(20,5)6/h13-17,19,21H,8-12H2,1-7H3/t13-,14-,15?,16+,17+,19-,21?/m0/s1. The molecule has 33 heavy (non-hydrogen) atoms. The van der Waals surface area contributed by atoms with Gasteiger partial charge in [0.2, 0.25) is 0 Å². The fraction of sp³-hybridized carbons (Fsp3) is 0.800. The first kappa shape index (κ1) is 25.7. The third-order valence-electron chi connectivity index (χ3n) is 7.41. The van der Waals surface area contributed by atoms with Crippen LogP contribution in [0.3, 0.4) is 0 Å².